The number of rotatable bonds is 7. The van der Waals surface area contributed by atoms with E-state index in [2.05, 4.69) is 46.6 Å². The van der Waals surface area contributed by atoms with Crippen LogP contribution in [0.2, 0.25) is 0 Å². The Kier molecular flexibility index (Phi) is 6.56. The summed E-state index contributed by atoms with van der Waals surface area (Å²) < 4.78 is 3.92. The van der Waals surface area contributed by atoms with Gasteiger partial charge in [-0.2, -0.15) is 4.68 Å². The third kappa shape index (κ3) is 4.96. The molecule has 29 heavy (non-hydrogen) atoms. The second-order valence-corrected chi connectivity index (χ2v) is 7.72. The van der Waals surface area contributed by atoms with Crippen LogP contribution in [0.5, 0.6) is 0 Å². The van der Waals surface area contributed by atoms with Gasteiger partial charge >= 0.3 is 0 Å². The van der Waals surface area contributed by atoms with Crippen LogP contribution in [-0.2, 0) is 13.2 Å². The average Bonchev–Trinajstić information content (AvgIpc) is 3.08. The average molecular weight is 411 g/mol. The molecule has 1 heterocycles. The highest BCUT2D eigenvalue weighted by molar-refractivity contribution is 7.71. The number of nitrogens with zero attached hydrogens (tertiary/aromatic N) is 5. The van der Waals surface area contributed by atoms with Gasteiger partial charge in [0.15, 0.2) is 0 Å². The summed E-state index contributed by atoms with van der Waals surface area (Å²) in [6.45, 7) is 5.55. The summed E-state index contributed by atoms with van der Waals surface area (Å²) in [5, 5.41) is 11.0. The van der Waals surface area contributed by atoms with Crippen molar-refractivity contribution in [3.05, 3.63) is 70.0 Å². The summed E-state index contributed by atoms with van der Waals surface area (Å²) >= 11 is 5.56. The van der Waals surface area contributed by atoms with Crippen molar-refractivity contribution in [3.8, 4) is 5.69 Å². The van der Waals surface area contributed by atoms with E-state index >= 15 is 0 Å². The molecule has 0 saturated carbocycles. The van der Waals surface area contributed by atoms with Crippen molar-refractivity contribution in [2.24, 2.45) is 0 Å². The number of carbonyl (C=O) groups is 1. The monoisotopic (exact) mass is 410 g/mol. The molecule has 0 aliphatic carbocycles. The van der Waals surface area contributed by atoms with E-state index in [-0.39, 0.29) is 5.91 Å². The first kappa shape index (κ1) is 20.9. The molecule has 0 aliphatic heterocycles. The first-order valence-corrected chi connectivity index (χ1v) is 9.92. The predicted octanol–water partition coefficient (Wildman–Crippen LogP) is 3.37. The molecule has 0 atom stereocenters. The van der Waals surface area contributed by atoms with Gasteiger partial charge in [0.25, 0.3) is 5.91 Å². The minimum absolute atomic E-state index is 0.0887. The van der Waals surface area contributed by atoms with Gasteiger partial charge in [0.05, 0.1) is 12.4 Å². The molecule has 0 spiro atoms. The molecule has 0 fully saturated rings. The normalized spacial score (nSPS) is 11.2. The zero-order chi connectivity index (χ0) is 21.0. The topological polar surface area (TPSA) is 68.0 Å². The third-order valence-corrected chi connectivity index (χ3v) is 5.10. The van der Waals surface area contributed by atoms with Crippen LogP contribution in [0.25, 0.3) is 5.69 Å². The lowest BCUT2D eigenvalue weighted by Gasteiger charge is -2.16. The lowest BCUT2D eigenvalue weighted by molar-refractivity contribution is 0.0963. The number of amides is 1. The molecule has 2 aromatic carbocycles. The van der Waals surface area contributed by atoms with Gasteiger partial charge < -0.3 is 5.32 Å². The lowest BCUT2D eigenvalue weighted by atomic mass is 10.0. The Morgan fingerprint density at radius 1 is 1.10 bits per heavy atom. The van der Waals surface area contributed by atoms with Crippen LogP contribution in [0.1, 0.15) is 41.3 Å². The Hall–Kier alpha value is -2.84. The van der Waals surface area contributed by atoms with Gasteiger partial charge in [0.2, 0.25) is 4.77 Å². The fraction of sp³-hybridized carbons (Fsp3) is 0.333. The molecular formula is C21H26N6OS. The summed E-state index contributed by atoms with van der Waals surface area (Å²) in [5.74, 6) is 0.390. The molecule has 3 aromatic rings. The Labute approximate surface area is 175 Å². The maximum absolute atomic E-state index is 11.6. The van der Waals surface area contributed by atoms with E-state index in [1.54, 1.807) is 16.4 Å². The van der Waals surface area contributed by atoms with Crippen molar-refractivity contribution in [1.82, 2.24) is 30.0 Å². The van der Waals surface area contributed by atoms with E-state index < -0.39 is 0 Å². The standard InChI is InChI=1S/C21H26N6OS/c1-15(2)17-9-11-19(12-10-17)27-21(29)26(23-24-27)14-25(4)13-16-5-7-18(8-6-16)20(28)22-3/h5-12,15H,13-14H2,1-4H3,(H,22,28). The SMILES string of the molecule is CNC(=O)c1ccc(CN(C)Cn2nnn(-c3ccc(C(C)C)cc3)c2=S)cc1. The highest BCUT2D eigenvalue weighted by atomic mass is 32.1. The summed E-state index contributed by atoms with van der Waals surface area (Å²) in [5.41, 5.74) is 3.92. The molecule has 0 saturated heterocycles. The predicted molar refractivity (Wildman–Crippen MR) is 116 cm³/mol. The lowest BCUT2D eigenvalue weighted by Crippen LogP contribution is -2.23. The number of tetrazole rings is 1. The van der Waals surface area contributed by atoms with E-state index in [1.807, 2.05) is 43.4 Å². The van der Waals surface area contributed by atoms with Gasteiger partial charge in [-0.05, 0) is 71.0 Å². The summed E-state index contributed by atoms with van der Waals surface area (Å²) in [6.07, 6.45) is 0. The quantitative estimate of drug-likeness (QED) is 0.605. The second kappa shape index (κ2) is 9.11. The minimum Gasteiger partial charge on any atom is -0.355 e. The van der Waals surface area contributed by atoms with Crippen LogP contribution in [-0.4, -0.2) is 44.7 Å². The zero-order valence-corrected chi connectivity index (χ0v) is 18.0. The Morgan fingerprint density at radius 2 is 1.76 bits per heavy atom. The highest BCUT2D eigenvalue weighted by Crippen LogP contribution is 2.16. The molecule has 0 aliphatic rings. The highest BCUT2D eigenvalue weighted by Gasteiger charge is 2.10. The Bertz CT molecular complexity index is 1020. The smallest absolute Gasteiger partial charge is 0.251 e. The molecule has 0 radical (unpaired) electrons. The first-order chi connectivity index (χ1) is 13.9. The van der Waals surface area contributed by atoms with Crippen molar-refractivity contribution >= 4 is 18.1 Å². The molecule has 0 unspecified atom stereocenters. The zero-order valence-electron chi connectivity index (χ0n) is 17.2. The van der Waals surface area contributed by atoms with Gasteiger partial charge in [-0.1, -0.05) is 38.1 Å². The van der Waals surface area contributed by atoms with E-state index in [0.717, 1.165) is 11.3 Å². The summed E-state index contributed by atoms with van der Waals surface area (Å²) in [4.78, 5) is 13.7. The van der Waals surface area contributed by atoms with Crippen LogP contribution in [0.3, 0.4) is 0 Å². The van der Waals surface area contributed by atoms with E-state index in [1.165, 1.54) is 5.56 Å². The van der Waals surface area contributed by atoms with Gasteiger partial charge in [-0.3, -0.25) is 9.69 Å². The maximum Gasteiger partial charge on any atom is 0.251 e. The molecule has 1 N–H and O–H groups in total. The Balaban J connectivity index is 1.67. The largest absolute Gasteiger partial charge is 0.355 e. The maximum atomic E-state index is 11.6. The molecule has 1 aromatic heterocycles. The van der Waals surface area contributed by atoms with E-state index in [0.29, 0.717) is 29.5 Å². The number of hydrogen-bond donors (Lipinski definition) is 1. The number of benzene rings is 2. The summed E-state index contributed by atoms with van der Waals surface area (Å²) in [7, 11) is 3.62. The van der Waals surface area contributed by atoms with Gasteiger partial charge in [0, 0.05) is 19.2 Å². The fourth-order valence-corrected chi connectivity index (χ4v) is 3.26. The number of nitrogens with one attached hydrogen (secondary N) is 1. The van der Waals surface area contributed by atoms with Crippen molar-refractivity contribution in [1.29, 1.82) is 0 Å². The van der Waals surface area contributed by atoms with Crippen molar-refractivity contribution in [2.75, 3.05) is 14.1 Å². The van der Waals surface area contributed by atoms with Crippen LogP contribution in [0, 0.1) is 4.77 Å². The molecule has 152 valence electrons. The molecule has 3 rings (SSSR count). The van der Waals surface area contributed by atoms with Crippen LogP contribution in [0.15, 0.2) is 48.5 Å². The molecule has 7 nitrogen and oxygen atoms in total. The van der Waals surface area contributed by atoms with Crippen molar-refractivity contribution < 1.29 is 4.79 Å². The first-order valence-electron chi connectivity index (χ1n) is 9.51. The number of carbonyl (C=O) groups excluding carboxylic acids is 1. The molecule has 8 heteroatoms. The van der Waals surface area contributed by atoms with Crippen LogP contribution >= 0.6 is 12.2 Å². The fourth-order valence-electron chi connectivity index (χ4n) is 3.02. The van der Waals surface area contributed by atoms with Gasteiger partial charge in [-0.25, -0.2) is 4.68 Å². The molecule has 1 amide bonds. The second-order valence-electron chi connectivity index (χ2n) is 7.35. The van der Waals surface area contributed by atoms with Crippen LogP contribution < -0.4 is 5.32 Å². The van der Waals surface area contributed by atoms with Crippen molar-refractivity contribution in [2.45, 2.75) is 33.0 Å². The molecular weight excluding hydrogens is 384 g/mol. The minimum atomic E-state index is -0.0887. The van der Waals surface area contributed by atoms with Gasteiger partial charge in [-0.15, -0.1) is 0 Å². The van der Waals surface area contributed by atoms with Crippen molar-refractivity contribution in [3.63, 3.8) is 0 Å². The van der Waals surface area contributed by atoms with Gasteiger partial charge in [0.1, 0.15) is 0 Å². The Morgan fingerprint density at radius 3 is 2.34 bits per heavy atom. The number of hydrogen-bond acceptors (Lipinski definition) is 5. The third-order valence-electron chi connectivity index (χ3n) is 4.71. The summed E-state index contributed by atoms with van der Waals surface area (Å²) in [6, 6.07) is 15.8. The molecule has 0 bridgehead atoms. The van der Waals surface area contributed by atoms with E-state index in [4.69, 9.17) is 12.2 Å². The number of aromatic nitrogens is 4. The van der Waals surface area contributed by atoms with E-state index in [9.17, 15) is 4.79 Å². The van der Waals surface area contributed by atoms with Crippen LogP contribution in [0.4, 0.5) is 0 Å².